The zero-order valence-electron chi connectivity index (χ0n) is 13.1. The molecule has 124 valence electrons. The number of carboxylic acids is 1. The van der Waals surface area contributed by atoms with Crippen LogP contribution in [0.25, 0.3) is 10.9 Å². The van der Waals surface area contributed by atoms with E-state index in [0.29, 0.717) is 18.0 Å². The van der Waals surface area contributed by atoms with Gasteiger partial charge in [-0.1, -0.05) is 6.07 Å². The van der Waals surface area contributed by atoms with Crippen molar-refractivity contribution in [1.29, 1.82) is 0 Å². The number of aromatic nitrogens is 2. The van der Waals surface area contributed by atoms with E-state index in [4.69, 9.17) is 0 Å². The Morgan fingerprint density at radius 1 is 1.38 bits per heavy atom. The first kappa shape index (κ1) is 17.5. The summed E-state index contributed by atoms with van der Waals surface area (Å²) in [4.78, 5) is 14.0. The number of rotatable bonds is 5. The van der Waals surface area contributed by atoms with E-state index in [-0.39, 0.29) is 18.9 Å². The zero-order chi connectivity index (χ0) is 15.8. The van der Waals surface area contributed by atoms with Crippen molar-refractivity contribution in [3.8, 4) is 0 Å². The Morgan fingerprint density at radius 3 is 2.83 bits per heavy atom. The Hall–Kier alpha value is -1.32. The molecule has 3 fully saturated rings. The van der Waals surface area contributed by atoms with Crippen LogP contribution in [0.2, 0.25) is 0 Å². The molecule has 0 amide bonds. The Kier molecular flexibility index (Phi) is 5.31. The minimum absolute atomic E-state index is 0. The molecule has 0 radical (unpaired) electrons. The number of aromatic carboxylic acids is 1. The molecule has 0 aliphatic carbocycles. The predicted molar refractivity (Wildman–Crippen MR) is 94.6 cm³/mol. The zero-order valence-corrected chi connectivity index (χ0v) is 13.1. The number of aromatic amines is 1. The van der Waals surface area contributed by atoms with E-state index in [1.54, 1.807) is 12.1 Å². The fourth-order valence-corrected chi connectivity index (χ4v) is 4.14. The summed E-state index contributed by atoms with van der Waals surface area (Å²) in [6, 6.07) is 5.25. The summed E-state index contributed by atoms with van der Waals surface area (Å²) in [7, 11) is 0. The number of fused-ring (bicyclic) bond motifs is 4. The van der Waals surface area contributed by atoms with Crippen LogP contribution >= 0.6 is 0 Å². The number of benzene rings is 1. The molecule has 5 rings (SSSR count). The van der Waals surface area contributed by atoms with Crippen molar-refractivity contribution in [3.63, 3.8) is 0 Å². The van der Waals surface area contributed by atoms with E-state index in [9.17, 15) is 9.90 Å². The van der Waals surface area contributed by atoms with E-state index < -0.39 is 5.97 Å². The van der Waals surface area contributed by atoms with Gasteiger partial charge in [0, 0.05) is 18.5 Å². The first-order valence-electron chi connectivity index (χ1n) is 8.34. The molecule has 3 aliphatic rings. The molecule has 3 aliphatic heterocycles. The van der Waals surface area contributed by atoms with Crippen LogP contribution in [0.4, 0.5) is 0 Å². The third kappa shape index (κ3) is 3.24. The number of nitrogens with zero attached hydrogens (tertiary/aromatic N) is 2. The Balaban J connectivity index is 0.00000169. The maximum absolute atomic E-state index is 11.4. The summed E-state index contributed by atoms with van der Waals surface area (Å²) in [5, 5.41) is 20.8. The van der Waals surface area contributed by atoms with Crippen LogP contribution in [0, 0.1) is 11.8 Å². The normalized spacial score (nSPS) is 25.6. The van der Waals surface area contributed by atoms with Crippen LogP contribution in [0.5, 0.6) is 0 Å². The number of carboxylic acid groups (broad SMARTS) is 1. The molecule has 4 heterocycles. The summed E-state index contributed by atoms with van der Waals surface area (Å²) in [5.41, 5.74) is 1.89. The van der Waals surface area contributed by atoms with Gasteiger partial charge in [0.05, 0.1) is 16.8 Å². The molecule has 2 aromatic rings. The fraction of sp³-hybridized carbons (Fsp3) is 0.529. The quantitative estimate of drug-likeness (QED) is 0.717. The van der Waals surface area contributed by atoms with Gasteiger partial charge >= 0.3 is 24.8 Å². The van der Waals surface area contributed by atoms with Crippen molar-refractivity contribution in [1.82, 2.24) is 20.4 Å². The van der Waals surface area contributed by atoms with Crippen LogP contribution in [-0.4, -0.2) is 71.2 Å². The molecule has 7 heteroatoms. The van der Waals surface area contributed by atoms with Crippen LogP contribution in [-0.2, 0) is 6.54 Å². The van der Waals surface area contributed by atoms with Crippen LogP contribution < -0.4 is 5.32 Å². The topological polar surface area (TPSA) is 81.2 Å². The Labute approximate surface area is 153 Å². The van der Waals surface area contributed by atoms with Crippen molar-refractivity contribution in [2.75, 3.05) is 26.2 Å². The van der Waals surface area contributed by atoms with E-state index in [2.05, 4.69) is 20.4 Å². The number of carbonyl (C=O) groups is 1. The molecular formula is C17H23LiN4O2. The van der Waals surface area contributed by atoms with Crippen molar-refractivity contribution in [2.45, 2.75) is 19.4 Å². The number of H-pyrrole nitrogens is 1. The monoisotopic (exact) mass is 322 g/mol. The predicted octanol–water partition coefficient (Wildman–Crippen LogP) is 1.04. The summed E-state index contributed by atoms with van der Waals surface area (Å²) < 4.78 is 0. The molecule has 2 bridgehead atoms. The average Bonchev–Trinajstić information content (AvgIpc) is 2.99. The minimum atomic E-state index is -0.907. The van der Waals surface area contributed by atoms with Gasteiger partial charge in [0.15, 0.2) is 0 Å². The second-order valence-corrected chi connectivity index (χ2v) is 6.73. The number of hydrogen-bond donors (Lipinski definition) is 3. The van der Waals surface area contributed by atoms with Crippen molar-refractivity contribution >= 4 is 35.7 Å². The molecule has 3 N–H and O–H groups in total. The molecule has 0 spiro atoms. The first-order valence-corrected chi connectivity index (χ1v) is 8.34. The standard InChI is InChI=1S/C17H22N4O2.Li.H/c22-17(23)13-2-1-3-14-16(13)15(20-19-14)9-18-8-12-10-21-6-4-11(12)5-7-21;;/h1-3,11-12,18H,4-10H2,(H,19,20)(H,22,23);;. The Morgan fingerprint density at radius 2 is 2.17 bits per heavy atom. The number of piperidine rings is 3. The Bertz CT molecular complexity index is 724. The van der Waals surface area contributed by atoms with Crippen LogP contribution in [0.15, 0.2) is 18.2 Å². The summed E-state index contributed by atoms with van der Waals surface area (Å²) in [6.07, 6.45) is 2.64. The van der Waals surface area contributed by atoms with Gasteiger partial charge in [-0.15, -0.1) is 0 Å². The fourth-order valence-electron chi connectivity index (χ4n) is 4.14. The van der Waals surface area contributed by atoms with Gasteiger partial charge in [0.2, 0.25) is 0 Å². The van der Waals surface area contributed by atoms with E-state index >= 15 is 0 Å². The van der Waals surface area contributed by atoms with Gasteiger partial charge < -0.3 is 15.3 Å². The SMILES string of the molecule is O=C(O)c1cccc2[nH]nc(CNCC3CN4CCC3CC4)c12.[LiH]. The number of nitrogens with one attached hydrogen (secondary N) is 2. The molecule has 1 aromatic carbocycles. The van der Waals surface area contributed by atoms with Gasteiger partial charge in [-0.3, -0.25) is 5.10 Å². The number of hydrogen-bond acceptors (Lipinski definition) is 4. The summed E-state index contributed by atoms with van der Waals surface area (Å²) in [5.74, 6) is 0.648. The third-order valence-corrected chi connectivity index (χ3v) is 5.39. The molecule has 1 atom stereocenters. The van der Waals surface area contributed by atoms with Gasteiger partial charge in [-0.05, 0) is 56.4 Å². The third-order valence-electron chi connectivity index (χ3n) is 5.39. The second kappa shape index (κ2) is 7.28. The summed E-state index contributed by atoms with van der Waals surface area (Å²) in [6.45, 7) is 5.29. The molecule has 6 nitrogen and oxygen atoms in total. The molecular weight excluding hydrogens is 299 g/mol. The van der Waals surface area contributed by atoms with Crippen molar-refractivity contribution in [3.05, 3.63) is 29.5 Å². The molecule has 1 aromatic heterocycles. The van der Waals surface area contributed by atoms with Crippen molar-refractivity contribution in [2.24, 2.45) is 11.8 Å². The second-order valence-electron chi connectivity index (χ2n) is 6.73. The van der Waals surface area contributed by atoms with E-state index in [1.165, 1.54) is 32.5 Å². The van der Waals surface area contributed by atoms with Gasteiger partial charge in [-0.2, -0.15) is 5.10 Å². The maximum atomic E-state index is 11.4. The molecule has 3 saturated heterocycles. The molecule has 24 heavy (non-hydrogen) atoms. The average molecular weight is 322 g/mol. The van der Waals surface area contributed by atoms with Gasteiger partial charge in [-0.25, -0.2) is 4.79 Å². The van der Waals surface area contributed by atoms with Crippen LogP contribution in [0.3, 0.4) is 0 Å². The molecule has 0 saturated carbocycles. The summed E-state index contributed by atoms with van der Waals surface area (Å²) >= 11 is 0. The molecule has 1 unspecified atom stereocenters. The van der Waals surface area contributed by atoms with E-state index in [0.717, 1.165) is 29.1 Å². The van der Waals surface area contributed by atoms with Gasteiger partial charge in [0.1, 0.15) is 0 Å². The van der Waals surface area contributed by atoms with Crippen molar-refractivity contribution < 1.29 is 9.90 Å². The van der Waals surface area contributed by atoms with Gasteiger partial charge in [0.25, 0.3) is 0 Å². The van der Waals surface area contributed by atoms with E-state index in [1.807, 2.05) is 6.07 Å². The van der Waals surface area contributed by atoms with Crippen LogP contribution in [0.1, 0.15) is 28.9 Å². The first-order chi connectivity index (χ1) is 11.2.